The second-order valence-electron chi connectivity index (χ2n) is 4.12. The lowest BCUT2D eigenvalue weighted by Gasteiger charge is -2.25. The molecule has 1 aromatic rings. The topological polar surface area (TPSA) is 53.3 Å². The third-order valence-electron chi connectivity index (χ3n) is 3.14. The van der Waals surface area contributed by atoms with E-state index in [-0.39, 0.29) is 11.5 Å². The Morgan fingerprint density at radius 3 is 3.06 bits per heavy atom. The summed E-state index contributed by atoms with van der Waals surface area (Å²) in [7, 11) is 1.33. The van der Waals surface area contributed by atoms with Gasteiger partial charge in [-0.3, -0.25) is 0 Å². The number of nitrogens with zero attached hydrogens (tertiary/aromatic N) is 2. The molecule has 4 nitrogen and oxygen atoms in total. The number of halogens is 1. The molecule has 94 valence electrons. The highest BCUT2D eigenvalue weighted by Crippen LogP contribution is 2.30. The Labute approximate surface area is 105 Å². The predicted octanol–water partition coefficient (Wildman–Crippen LogP) is 1.84. The molecule has 1 heterocycles. The van der Waals surface area contributed by atoms with Gasteiger partial charge in [0, 0.05) is 6.54 Å². The summed E-state index contributed by atoms with van der Waals surface area (Å²) < 4.78 is 18.3. The maximum atomic E-state index is 13.5. The molecular formula is C13H13FN2O2. The van der Waals surface area contributed by atoms with Crippen LogP contribution in [0.15, 0.2) is 18.2 Å². The maximum Gasteiger partial charge on any atom is 0.328 e. The Bertz CT molecular complexity index is 510. The molecule has 1 saturated heterocycles. The van der Waals surface area contributed by atoms with E-state index >= 15 is 0 Å². The summed E-state index contributed by atoms with van der Waals surface area (Å²) in [6.07, 6.45) is 1.48. The van der Waals surface area contributed by atoms with Crippen LogP contribution in [0, 0.1) is 17.1 Å². The van der Waals surface area contributed by atoms with Gasteiger partial charge in [0.05, 0.1) is 12.8 Å². The Morgan fingerprint density at radius 1 is 1.61 bits per heavy atom. The molecule has 1 atom stereocenters. The summed E-state index contributed by atoms with van der Waals surface area (Å²) in [5, 5.41) is 9.01. The highest BCUT2D eigenvalue weighted by atomic mass is 19.1. The van der Waals surface area contributed by atoms with Gasteiger partial charge in [-0.05, 0) is 25.0 Å². The summed E-state index contributed by atoms with van der Waals surface area (Å²) in [5.74, 6) is -0.911. The fraction of sp³-hybridized carbons (Fsp3) is 0.385. The quantitative estimate of drug-likeness (QED) is 0.749. The van der Waals surface area contributed by atoms with Gasteiger partial charge in [0.2, 0.25) is 0 Å². The first kappa shape index (κ1) is 12.4. The van der Waals surface area contributed by atoms with Crippen LogP contribution in [-0.4, -0.2) is 25.7 Å². The lowest BCUT2D eigenvalue weighted by Crippen LogP contribution is -2.37. The average molecular weight is 248 g/mol. The molecule has 0 amide bonds. The number of benzene rings is 1. The van der Waals surface area contributed by atoms with Crippen LogP contribution in [0.4, 0.5) is 10.1 Å². The normalized spacial score (nSPS) is 18.5. The molecule has 0 spiro atoms. The lowest BCUT2D eigenvalue weighted by molar-refractivity contribution is -0.141. The van der Waals surface area contributed by atoms with Crippen LogP contribution in [0.3, 0.4) is 0 Å². The third kappa shape index (κ3) is 2.02. The average Bonchev–Trinajstić information content (AvgIpc) is 2.86. The molecule has 0 aromatic heterocycles. The molecule has 1 aliphatic heterocycles. The molecule has 2 rings (SSSR count). The number of esters is 1. The summed E-state index contributed by atoms with van der Waals surface area (Å²) >= 11 is 0. The van der Waals surface area contributed by atoms with Crippen LogP contribution in [-0.2, 0) is 9.53 Å². The predicted molar refractivity (Wildman–Crippen MR) is 63.5 cm³/mol. The van der Waals surface area contributed by atoms with E-state index < -0.39 is 11.9 Å². The van der Waals surface area contributed by atoms with Crippen LogP contribution in [0.25, 0.3) is 0 Å². The molecular weight excluding hydrogens is 235 g/mol. The standard InChI is InChI=1S/C13H13FN2O2/c1-18-13(17)12-6-3-7-16(12)11-5-2-4-10(14)9(11)8-15/h2,4-5,12H,3,6-7H2,1H3. The van der Waals surface area contributed by atoms with E-state index in [4.69, 9.17) is 10.00 Å². The minimum atomic E-state index is -0.564. The summed E-state index contributed by atoms with van der Waals surface area (Å²) in [6, 6.07) is 5.86. The summed E-state index contributed by atoms with van der Waals surface area (Å²) in [4.78, 5) is 13.4. The van der Waals surface area contributed by atoms with E-state index in [1.54, 1.807) is 11.0 Å². The second kappa shape index (κ2) is 5.05. The molecule has 0 aliphatic carbocycles. The highest BCUT2D eigenvalue weighted by Gasteiger charge is 2.33. The number of nitriles is 1. The van der Waals surface area contributed by atoms with Crippen molar-refractivity contribution in [2.45, 2.75) is 18.9 Å². The molecule has 1 aliphatic rings. The van der Waals surface area contributed by atoms with Crippen molar-refractivity contribution in [3.8, 4) is 6.07 Å². The molecule has 0 bridgehead atoms. The number of hydrogen-bond acceptors (Lipinski definition) is 4. The molecule has 0 radical (unpaired) electrons. The molecule has 5 heteroatoms. The van der Waals surface area contributed by atoms with E-state index in [2.05, 4.69) is 0 Å². The van der Waals surface area contributed by atoms with Gasteiger partial charge < -0.3 is 9.64 Å². The van der Waals surface area contributed by atoms with E-state index in [1.165, 1.54) is 19.2 Å². The number of methoxy groups -OCH3 is 1. The first-order chi connectivity index (χ1) is 8.69. The third-order valence-corrected chi connectivity index (χ3v) is 3.14. The number of carbonyl (C=O) groups is 1. The van der Waals surface area contributed by atoms with E-state index in [0.29, 0.717) is 18.7 Å². The van der Waals surface area contributed by atoms with Crippen molar-refractivity contribution < 1.29 is 13.9 Å². The van der Waals surface area contributed by atoms with Crippen LogP contribution in [0.2, 0.25) is 0 Å². The maximum absolute atomic E-state index is 13.5. The minimum Gasteiger partial charge on any atom is -0.467 e. The Morgan fingerprint density at radius 2 is 2.39 bits per heavy atom. The zero-order valence-electron chi connectivity index (χ0n) is 10.0. The largest absolute Gasteiger partial charge is 0.467 e. The molecule has 1 aromatic carbocycles. The number of hydrogen-bond donors (Lipinski definition) is 0. The SMILES string of the molecule is COC(=O)C1CCCN1c1cccc(F)c1C#N. The van der Waals surface area contributed by atoms with Crippen molar-refractivity contribution in [3.05, 3.63) is 29.6 Å². The first-order valence-electron chi connectivity index (χ1n) is 5.72. The zero-order valence-corrected chi connectivity index (χ0v) is 10.0. The van der Waals surface area contributed by atoms with Crippen molar-refractivity contribution in [3.63, 3.8) is 0 Å². The van der Waals surface area contributed by atoms with Gasteiger partial charge in [-0.1, -0.05) is 6.07 Å². The van der Waals surface area contributed by atoms with Crippen LogP contribution in [0.5, 0.6) is 0 Å². The van der Waals surface area contributed by atoms with Gasteiger partial charge in [-0.25, -0.2) is 9.18 Å². The van der Waals surface area contributed by atoms with Crippen molar-refractivity contribution in [1.82, 2.24) is 0 Å². The zero-order chi connectivity index (χ0) is 13.1. The fourth-order valence-electron chi connectivity index (χ4n) is 2.30. The van der Waals surface area contributed by atoms with Gasteiger partial charge in [0.1, 0.15) is 23.5 Å². The Kier molecular flexibility index (Phi) is 3.47. The second-order valence-corrected chi connectivity index (χ2v) is 4.12. The minimum absolute atomic E-state index is 0.0201. The molecule has 18 heavy (non-hydrogen) atoms. The van der Waals surface area contributed by atoms with Crippen LogP contribution in [0.1, 0.15) is 18.4 Å². The smallest absolute Gasteiger partial charge is 0.328 e. The van der Waals surface area contributed by atoms with Gasteiger partial charge in [-0.2, -0.15) is 5.26 Å². The van der Waals surface area contributed by atoms with Crippen molar-refractivity contribution >= 4 is 11.7 Å². The Balaban J connectivity index is 2.40. The van der Waals surface area contributed by atoms with E-state index in [9.17, 15) is 9.18 Å². The monoisotopic (exact) mass is 248 g/mol. The van der Waals surface area contributed by atoms with Gasteiger partial charge in [0.25, 0.3) is 0 Å². The van der Waals surface area contributed by atoms with Crippen molar-refractivity contribution in [2.24, 2.45) is 0 Å². The number of carbonyl (C=O) groups excluding carboxylic acids is 1. The molecule has 0 N–H and O–H groups in total. The van der Waals surface area contributed by atoms with Crippen LogP contribution < -0.4 is 4.90 Å². The number of anilines is 1. The fourth-order valence-corrected chi connectivity index (χ4v) is 2.30. The van der Waals surface area contributed by atoms with Crippen LogP contribution >= 0.6 is 0 Å². The van der Waals surface area contributed by atoms with Gasteiger partial charge in [-0.15, -0.1) is 0 Å². The lowest BCUT2D eigenvalue weighted by atomic mass is 10.1. The molecule has 1 fully saturated rings. The van der Waals surface area contributed by atoms with Gasteiger partial charge >= 0.3 is 5.97 Å². The molecule has 0 saturated carbocycles. The Hall–Kier alpha value is -2.09. The van der Waals surface area contributed by atoms with Gasteiger partial charge in [0.15, 0.2) is 0 Å². The van der Waals surface area contributed by atoms with E-state index in [0.717, 1.165) is 6.42 Å². The highest BCUT2D eigenvalue weighted by molar-refractivity contribution is 5.81. The summed E-state index contributed by atoms with van der Waals surface area (Å²) in [5.41, 5.74) is 0.443. The van der Waals surface area contributed by atoms with Crippen molar-refractivity contribution in [2.75, 3.05) is 18.6 Å². The number of rotatable bonds is 2. The van der Waals surface area contributed by atoms with Crippen molar-refractivity contribution in [1.29, 1.82) is 5.26 Å². The number of ether oxygens (including phenoxy) is 1. The summed E-state index contributed by atoms with van der Waals surface area (Å²) in [6.45, 7) is 0.623. The molecule has 1 unspecified atom stereocenters. The van der Waals surface area contributed by atoms with E-state index in [1.807, 2.05) is 6.07 Å². The first-order valence-corrected chi connectivity index (χ1v) is 5.72.